The second kappa shape index (κ2) is 6.95. The third-order valence-corrected chi connectivity index (χ3v) is 4.20. The van der Waals surface area contributed by atoms with Crippen LogP contribution in [-0.4, -0.2) is 20.0 Å². The SMILES string of the molecule is Cn1c(=O)c2cc(NC(=O)Cc3cccc(C(F)(F)F)c3)cnc2n(C)c1=O. The molecule has 10 heteroatoms. The third-order valence-electron chi connectivity index (χ3n) is 4.20. The largest absolute Gasteiger partial charge is 0.416 e. The molecule has 3 aromatic rings. The van der Waals surface area contributed by atoms with E-state index in [1.807, 2.05) is 0 Å². The molecule has 0 saturated carbocycles. The first kappa shape index (κ1) is 19.3. The van der Waals surface area contributed by atoms with Crippen LogP contribution in [0.4, 0.5) is 18.9 Å². The molecule has 0 fully saturated rings. The van der Waals surface area contributed by atoms with Crippen molar-refractivity contribution in [1.82, 2.24) is 14.1 Å². The second-order valence-corrected chi connectivity index (χ2v) is 6.22. The summed E-state index contributed by atoms with van der Waals surface area (Å²) in [7, 11) is 2.78. The number of aryl methyl sites for hydroxylation is 1. The number of alkyl halides is 3. The zero-order valence-corrected chi connectivity index (χ0v) is 14.9. The van der Waals surface area contributed by atoms with E-state index in [1.165, 1.54) is 43.1 Å². The van der Waals surface area contributed by atoms with Crippen LogP contribution in [0.1, 0.15) is 11.1 Å². The molecule has 1 N–H and O–H groups in total. The lowest BCUT2D eigenvalue weighted by molar-refractivity contribution is -0.137. The second-order valence-electron chi connectivity index (χ2n) is 6.22. The topological polar surface area (TPSA) is 86.0 Å². The highest BCUT2D eigenvalue weighted by atomic mass is 19.4. The van der Waals surface area contributed by atoms with Crippen LogP contribution in [0.25, 0.3) is 11.0 Å². The molecule has 0 radical (unpaired) electrons. The molecule has 0 atom stereocenters. The van der Waals surface area contributed by atoms with E-state index in [9.17, 15) is 27.6 Å². The first-order valence-electron chi connectivity index (χ1n) is 8.09. The molecule has 146 valence electrons. The molecule has 2 aromatic heterocycles. The number of aromatic nitrogens is 3. The first-order chi connectivity index (χ1) is 13.1. The van der Waals surface area contributed by atoms with Gasteiger partial charge in [-0.1, -0.05) is 18.2 Å². The zero-order valence-electron chi connectivity index (χ0n) is 14.9. The van der Waals surface area contributed by atoms with Crippen LogP contribution in [0.15, 0.2) is 46.1 Å². The summed E-state index contributed by atoms with van der Waals surface area (Å²) in [6, 6.07) is 5.85. The monoisotopic (exact) mass is 392 g/mol. The lowest BCUT2D eigenvalue weighted by atomic mass is 10.1. The van der Waals surface area contributed by atoms with Gasteiger partial charge in [-0.3, -0.25) is 18.7 Å². The standard InChI is InChI=1S/C18H15F3N4O3/c1-24-15-13(16(27)25(2)17(24)28)8-12(9-22-15)23-14(26)7-10-4-3-5-11(6-10)18(19,20)21/h3-6,8-9H,7H2,1-2H3,(H,23,26). The van der Waals surface area contributed by atoms with Gasteiger partial charge in [0.25, 0.3) is 5.56 Å². The van der Waals surface area contributed by atoms with E-state index in [1.54, 1.807) is 0 Å². The molecule has 1 aromatic carbocycles. The number of benzene rings is 1. The summed E-state index contributed by atoms with van der Waals surface area (Å²) in [6.07, 6.45) is -3.51. The number of nitrogens with one attached hydrogen (secondary N) is 1. The van der Waals surface area contributed by atoms with Crippen LogP contribution in [0.5, 0.6) is 0 Å². The normalized spacial score (nSPS) is 11.6. The van der Waals surface area contributed by atoms with Crippen molar-refractivity contribution in [1.29, 1.82) is 0 Å². The summed E-state index contributed by atoms with van der Waals surface area (Å²) < 4.78 is 40.4. The Labute approximate surface area is 156 Å². The number of carbonyl (C=O) groups excluding carboxylic acids is 1. The molecule has 28 heavy (non-hydrogen) atoms. The molecule has 7 nitrogen and oxygen atoms in total. The van der Waals surface area contributed by atoms with Crippen molar-refractivity contribution in [2.24, 2.45) is 14.1 Å². The van der Waals surface area contributed by atoms with Crippen molar-refractivity contribution in [2.45, 2.75) is 12.6 Å². The van der Waals surface area contributed by atoms with Gasteiger partial charge in [0.15, 0.2) is 0 Å². The van der Waals surface area contributed by atoms with Gasteiger partial charge in [-0.05, 0) is 17.7 Å². The molecule has 0 saturated heterocycles. The molecule has 0 aliphatic heterocycles. The molecule has 3 rings (SSSR count). The highest BCUT2D eigenvalue weighted by Gasteiger charge is 2.30. The van der Waals surface area contributed by atoms with E-state index in [2.05, 4.69) is 10.3 Å². The molecular formula is C18H15F3N4O3. The Morgan fingerprint density at radius 2 is 1.86 bits per heavy atom. The molecule has 2 heterocycles. The van der Waals surface area contributed by atoms with Gasteiger partial charge in [0.1, 0.15) is 5.65 Å². The first-order valence-corrected chi connectivity index (χ1v) is 8.09. The minimum atomic E-state index is -4.50. The maximum absolute atomic E-state index is 12.8. The van der Waals surface area contributed by atoms with Crippen molar-refractivity contribution < 1.29 is 18.0 Å². The van der Waals surface area contributed by atoms with Gasteiger partial charge in [0.2, 0.25) is 5.91 Å². The van der Waals surface area contributed by atoms with Crippen LogP contribution in [0, 0.1) is 0 Å². The number of fused-ring (bicyclic) bond motifs is 1. The average molecular weight is 392 g/mol. The Bertz CT molecular complexity index is 1200. The van der Waals surface area contributed by atoms with E-state index in [-0.39, 0.29) is 28.7 Å². The smallest absolute Gasteiger partial charge is 0.324 e. The number of nitrogens with zero attached hydrogens (tertiary/aromatic N) is 3. The Hall–Kier alpha value is -3.43. The van der Waals surface area contributed by atoms with Gasteiger partial charge in [0.05, 0.1) is 29.3 Å². The molecular weight excluding hydrogens is 377 g/mol. The van der Waals surface area contributed by atoms with Crippen LogP contribution in [0.2, 0.25) is 0 Å². The lowest BCUT2D eigenvalue weighted by Gasteiger charge is -2.10. The summed E-state index contributed by atoms with van der Waals surface area (Å²) in [6.45, 7) is 0. The van der Waals surface area contributed by atoms with Crippen LogP contribution >= 0.6 is 0 Å². The predicted molar refractivity (Wildman–Crippen MR) is 96.0 cm³/mol. The number of halogens is 3. The lowest BCUT2D eigenvalue weighted by Crippen LogP contribution is -2.37. The number of anilines is 1. The highest BCUT2D eigenvalue weighted by Crippen LogP contribution is 2.29. The molecule has 0 unspecified atom stereocenters. The number of hydrogen-bond donors (Lipinski definition) is 1. The fourth-order valence-electron chi connectivity index (χ4n) is 2.78. The summed E-state index contributed by atoms with van der Waals surface area (Å²) >= 11 is 0. The van der Waals surface area contributed by atoms with Crippen molar-refractivity contribution in [3.8, 4) is 0 Å². The molecule has 0 aliphatic rings. The fraction of sp³-hybridized carbons (Fsp3) is 0.222. The van der Waals surface area contributed by atoms with Crippen LogP contribution < -0.4 is 16.6 Å². The van der Waals surface area contributed by atoms with Gasteiger partial charge in [-0.15, -0.1) is 0 Å². The Morgan fingerprint density at radius 1 is 1.14 bits per heavy atom. The summed E-state index contributed by atoms with van der Waals surface area (Å²) in [5.41, 5.74) is -1.40. The maximum Gasteiger partial charge on any atom is 0.416 e. The van der Waals surface area contributed by atoms with Crippen LogP contribution in [-0.2, 0) is 31.5 Å². The van der Waals surface area contributed by atoms with Gasteiger partial charge in [-0.2, -0.15) is 13.2 Å². The Balaban J connectivity index is 1.86. The molecule has 1 amide bonds. The fourth-order valence-corrected chi connectivity index (χ4v) is 2.78. The Morgan fingerprint density at radius 3 is 2.54 bits per heavy atom. The number of pyridine rings is 1. The quantitative estimate of drug-likeness (QED) is 0.737. The molecule has 0 spiro atoms. The summed E-state index contributed by atoms with van der Waals surface area (Å²) in [4.78, 5) is 40.4. The minimum absolute atomic E-state index is 0.126. The molecule has 0 bridgehead atoms. The molecule has 0 aliphatic carbocycles. The van der Waals surface area contributed by atoms with Gasteiger partial charge < -0.3 is 5.32 Å². The van der Waals surface area contributed by atoms with E-state index in [0.29, 0.717) is 0 Å². The van der Waals surface area contributed by atoms with E-state index >= 15 is 0 Å². The summed E-state index contributed by atoms with van der Waals surface area (Å²) in [5, 5.41) is 2.63. The average Bonchev–Trinajstić information content (AvgIpc) is 2.64. The number of carbonyl (C=O) groups is 1. The number of rotatable bonds is 3. The third kappa shape index (κ3) is 3.66. The minimum Gasteiger partial charge on any atom is -0.324 e. The maximum atomic E-state index is 12.8. The van der Waals surface area contributed by atoms with E-state index in [0.717, 1.165) is 16.7 Å². The van der Waals surface area contributed by atoms with Crippen LogP contribution in [0.3, 0.4) is 0 Å². The predicted octanol–water partition coefficient (Wildman–Crippen LogP) is 1.83. The van der Waals surface area contributed by atoms with Gasteiger partial charge >= 0.3 is 11.9 Å². The van der Waals surface area contributed by atoms with Crippen molar-refractivity contribution in [3.05, 3.63) is 68.5 Å². The van der Waals surface area contributed by atoms with Crippen molar-refractivity contribution in [3.63, 3.8) is 0 Å². The van der Waals surface area contributed by atoms with Crippen molar-refractivity contribution in [2.75, 3.05) is 5.32 Å². The highest BCUT2D eigenvalue weighted by molar-refractivity contribution is 5.93. The Kier molecular flexibility index (Phi) is 4.80. The van der Waals surface area contributed by atoms with E-state index < -0.39 is 28.9 Å². The zero-order chi connectivity index (χ0) is 20.6. The van der Waals surface area contributed by atoms with Gasteiger partial charge in [0, 0.05) is 14.1 Å². The number of hydrogen-bond acceptors (Lipinski definition) is 4. The van der Waals surface area contributed by atoms with Crippen molar-refractivity contribution >= 4 is 22.6 Å². The van der Waals surface area contributed by atoms with E-state index in [4.69, 9.17) is 0 Å². The number of amides is 1. The summed E-state index contributed by atoms with van der Waals surface area (Å²) in [5.74, 6) is -0.567. The van der Waals surface area contributed by atoms with Gasteiger partial charge in [-0.25, -0.2) is 9.78 Å².